The molecule has 96 valence electrons. The zero-order valence-electron chi connectivity index (χ0n) is 10.5. The van der Waals surface area contributed by atoms with Gasteiger partial charge in [-0.2, -0.15) is 0 Å². The molecule has 0 heterocycles. The fourth-order valence-electron chi connectivity index (χ4n) is 2.12. The molecule has 0 saturated carbocycles. The van der Waals surface area contributed by atoms with E-state index in [0.717, 1.165) is 31.2 Å². The Morgan fingerprint density at radius 1 is 1.18 bits per heavy atom. The van der Waals surface area contributed by atoms with E-state index in [1.807, 2.05) is 6.07 Å². The number of rotatable bonds is 6. The van der Waals surface area contributed by atoms with E-state index >= 15 is 0 Å². The number of hydrogen-bond donors (Lipinski definition) is 1. The lowest BCUT2D eigenvalue weighted by Crippen LogP contribution is -2.12. The Bertz CT molecular complexity index is 448. The molecular weight excluding hydrogens is 234 g/mol. The van der Waals surface area contributed by atoms with Crippen molar-refractivity contribution in [2.75, 3.05) is 0 Å². The van der Waals surface area contributed by atoms with Crippen LogP contribution < -0.4 is 5.14 Å². The lowest BCUT2D eigenvalue weighted by Gasteiger charge is -2.16. The Morgan fingerprint density at radius 3 is 2.24 bits per heavy atom. The molecule has 0 bridgehead atoms. The van der Waals surface area contributed by atoms with Crippen LogP contribution in [-0.2, 0) is 10.0 Å². The van der Waals surface area contributed by atoms with Crippen LogP contribution >= 0.6 is 0 Å². The Balaban J connectivity index is 3.04. The van der Waals surface area contributed by atoms with Crippen LogP contribution in [0.1, 0.15) is 51.0 Å². The lowest BCUT2D eigenvalue weighted by molar-refractivity contribution is 0.559. The third-order valence-corrected chi connectivity index (χ3v) is 3.84. The summed E-state index contributed by atoms with van der Waals surface area (Å²) in [5.41, 5.74) is 1.08. The maximum Gasteiger partial charge on any atom is 0.238 e. The fourth-order valence-corrected chi connectivity index (χ4v) is 2.69. The molecule has 0 radical (unpaired) electrons. The summed E-state index contributed by atoms with van der Waals surface area (Å²) < 4.78 is 22.6. The van der Waals surface area contributed by atoms with Crippen molar-refractivity contribution >= 4 is 10.0 Å². The zero-order valence-corrected chi connectivity index (χ0v) is 11.3. The summed E-state index contributed by atoms with van der Waals surface area (Å²) in [6, 6.07) is 7.02. The molecule has 2 N–H and O–H groups in total. The van der Waals surface area contributed by atoms with Crippen LogP contribution in [0.4, 0.5) is 0 Å². The molecule has 0 aliphatic rings. The maximum atomic E-state index is 11.3. The summed E-state index contributed by atoms with van der Waals surface area (Å²) in [5.74, 6) is 0.437. The molecule has 0 spiro atoms. The van der Waals surface area contributed by atoms with E-state index in [0.29, 0.717) is 5.92 Å². The van der Waals surface area contributed by atoms with Crippen molar-refractivity contribution in [1.29, 1.82) is 0 Å². The highest BCUT2D eigenvalue weighted by Crippen LogP contribution is 2.27. The minimum absolute atomic E-state index is 0.215. The molecule has 0 fully saturated rings. The smallest absolute Gasteiger partial charge is 0.225 e. The highest BCUT2D eigenvalue weighted by molar-refractivity contribution is 7.89. The van der Waals surface area contributed by atoms with Crippen molar-refractivity contribution in [1.82, 2.24) is 0 Å². The van der Waals surface area contributed by atoms with Crippen LogP contribution in [0.5, 0.6) is 0 Å². The molecule has 1 rings (SSSR count). The first kappa shape index (κ1) is 14.2. The van der Waals surface area contributed by atoms with Gasteiger partial charge in [0.25, 0.3) is 0 Å². The molecule has 1 aromatic carbocycles. The largest absolute Gasteiger partial charge is 0.238 e. The second-order valence-electron chi connectivity index (χ2n) is 4.39. The Labute approximate surface area is 104 Å². The fraction of sp³-hybridized carbons (Fsp3) is 0.538. The Morgan fingerprint density at radius 2 is 1.76 bits per heavy atom. The van der Waals surface area contributed by atoms with E-state index in [1.54, 1.807) is 18.2 Å². The topological polar surface area (TPSA) is 60.2 Å². The molecule has 0 unspecified atom stereocenters. The van der Waals surface area contributed by atoms with E-state index in [-0.39, 0.29) is 4.90 Å². The van der Waals surface area contributed by atoms with Gasteiger partial charge in [-0.3, -0.25) is 0 Å². The highest BCUT2D eigenvalue weighted by Gasteiger charge is 2.13. The molecule has 4 heteroatoms. The van der Waals surface area contributed by atoms with Gasteiger partial charge in [0, 0.05) is 0 Å². The van der Waals surface area contributed by atoms with Gasteiger partial charge in [0.2, 0.25) is 10.0 Å². The first-order chi connectivity index (χ1) is 7.99. The zero-order chi connectivity index (χ0) is 12.9. The van der Waals surface area contributed by atoms with Gasteiger partial charge < -0.3 is 0 Å². The van der Waals surface area contributed by atoms with Gasteiger partial charge in [-0.15, -0.1) is 0 Å². The van der Waals surface area contributed by atoms with Gasteiger partial charge >= 0.3 is 0 Å². The summed E-state index contributed by atoms with van der Waals surface area (Å²) in [7, 11) is -3.59. The van der Waals surface area contributed by atoms with Gasteiger partial charge in [-0.25, -0.2) is 13.6 Å². The summed E-state index contributed by atoms with van der Waals surface area (Å²) in [4.78, 5) is 0.215. The van der Waals surface area contributed by atoms with Crippen molar-refractivity contribution in [3.63, 3.8) is 0 Å². The van der Waals surface area contributed by atoms with E-state index < -0.39 is 10.0 Å². The van der Waals surface area contributed by atoms with Gasteiger partial charge in [0.1, 0.15) is 0 Å². The standard InChI is InChI=1S/C13H21NO2S/c1-3-6-11(7-4-2)12-8-5-9-13(10-12)17(14,15)16/h5,8-11H,3-4,6-7H2,1-2H3,(H2,14,15,16). The van der Waals surface area contributed by atoms with Gasteiger partial charge in [-0.1, -0.05) is 38.8 Å². The number of sulfonamides is 1. The average molecular weight is 255 g/mol. The third-order valence-electron chi connectivity index (χ3n) is 2.93. The summed E-state index contributed by atoms with van der Waals surface area (Å²) >= 11 is 0. The van der Waals surface area contributed by atoms with E-state index in [1.165, 1.54) is 0 Å². The number of primary sulfonamides is 1. The number of hydrogen-bond acceptors (Lipinski definition) is 2. The first-order valence-corrected chi connectivity index (χ1v) is 7.66. The second kappa shape index (κ2) is 6.17. The highest BCUT2D eigenvalue weighted by atomic mass is 32.2. The summed E-state index contributed by atoms with van der Waals surface area (Å²) in [6.07, 6.45) is 4.37. The molecule has 0 atom stereocenters. The average Bonchev–Trinajstić information content (AvgIpc) is 2.28. The van der Waals surface area contributed by atoms with Crippen molar-refractivity contribution in [3.8, 4) is 0 Å². The quantitative estimate of drug-likeness (QED) is 0.849. The number of benzene rings is 1. The van der Waals surface area contributed by atoms with Gasteiger partial charge in [-0.05, 0) is 36.5 Å². The maximum absolute atomic E-state index is 11.3. The van der Waals surface area contributed by atoms with Crippen LogP contribution in [0.3, 0.4) is 0 Å². The van der Waals surface area contributed by atoms with Gasteiger partial charge in [0.15, 0.2) is 0 Å². The normalized spacial score (nSPS) is 12.0. The molecule has 0 amide bonds. The van der Waals surface area contributed by atoms with Crippen LogP contribution in [0.15, 0.2) is 29.2 Å². The monoisotopic (exact) mass is 255 g/mol. The lowest BCUT2D eigenvalue weighted by atomic mass is 9.90. The third kappa shape index (κ3) is 4.13. The molecule has 0 aliphatic carbocycles. The Hall–Kier alpha value is -0.870. The predicted molar refractivity (Wildman–Crippen MR) is 70.4 cm³/mol. The first-order valence-electron chi connectivity index (χ1n) is 6.11. The minimum atomic E-state index is -3.59. The minimum Gasteiger partial charge on any atom is -0.225 e. The molecule has 0 aliphatic heterocycles. The molecule has 0 aromatic heterocycles. The van der Waals surface area contributed by atoms with Crippen molar-refractivity contribution in [2.45, 2.75) is 50.3 Å². The van der Waals surface area contributed by atoms with E-state index in [2.05, 4.69) is 13.8 Å². The van der Waals surface area contributed by atoms with Crippen molar-refractivity contribution in [2.24, 2.45) is 5.14 Å². The molecule has 0 saturated heterocycles. The summed E-state index contributed by atoms with van der Waals surface area (Å²) in [5, 5.41) is 5.15. The van der Waals surface area contributed by atoms with Crippen LogP contribution in [0.25, 0.3) is 0 Å². The molecule has 17 heavy (non-hydrogen) atoms. The molecule has 1 aromatic rings. The SMILES string of the molecule is CCCC(CCC)c1cccc(S(N)(=O)=O)c1. The second-order valence-corrected chi connectivity index (χ2v) is 5.95. The van der Waals surface area contributed by atoms with Crippen LogP contribution in [0, 0.1) is 0 Å². The summed E-state index contributed by atoms with van der Waals surface area (Å²) in [6.45, 7) is 4.29. The van der Waals surface area contributed by atoms with E-state index in [4.69, 9.17) is 5.14 Å². The van der Waals surface area contributed by atoms with Crippen LogP contribution in [0.2, 0.25) is 0 Å². The van der Waals surface area contributed by atoms with Crippen molar-refractivity contribution in [3.05, 3.63) is 29.8 Å². The molecular formula is C13H21NO2S. The number of nitrogens with two attached hydrogens (primary N) is 1. The van der Waals surface area contributed by atoms with Gasteiger partial charge in [0.05, 0.1) is 4.90 Å². The van der Waals surface area contributed by atoms with Crippen LogP contribution in [-0.4, -0.2) is 8.42 Å². The Kier molecular flexibility index (Phi) is 5.15. The predicted octanol–water partition coefficient (Wildman–Crippen LogP) is 3.02. The van der Waals surface area contributed by atoms with Crippen molar-refractivity contribution < 1.29 is 8.42 Å². The van der Waals surface area contributed by atoms with E-state index in [9.17, 15) is 8.42 Å². The molecule has 3 nitrogen and oxygen atoms in total.